The zero-order valence-electron chi connectivity index (χ0n) is 16.5. The first-order chi connectivity index (χ1) is 14.1. The van der Waals surface area contributed by atoms with Gasteiger partial charge in [-0.05, 0) is 45.0 Å². The molecule has 1 aromatic heterocycles. The molecule has 0 fully saturated rings. The minimum atomic E-state index is -4.47. The van der Waals surface area contributed by atoms with Crippen molar-refractivity contribution in [1.82, 2.24) is 14.3 Å². The van der Waals surface area contributed by atoms with Crippen molar-refractivity contribution in [3.05, 3.63) is 71.3 Å². The Hall–Kier alpha value is -2.85. The van der Waals surface area contributed by atoms with Gasteiger partial charge in [-0.15, -0.1) is 0 Å². The number of nitrogens with zero attached hydrogens (tertiary/aromatic N) is 2. The zero-order chi connectivity index (χ0) is 22.1. The van der Waals surface area contributed by atoms with Crippen molar-refractivity contribution in [2.45, 2.75) is 38.3 Å². The van der Waals surface area contributed by atoms with Crippen LogP contribution in [0.4, 0.5) is 13.2 Å². The number of nitrogens with one attached hydrogen (secondary N) is 1. The van der Waals surface area contributed by atoms with Crippen molar-refractivity contribution in [3.63, 3.8) is 0 Å². The van der Waals surface area contributed by atoms with Crippen LogP contribution >= 0.6 is 0 Å². The van der Waals surface area contributed by atoms with Gasteiger partial charge in [0, 0.05) is 6.54 Å². The molecule has 10 heteroatoms. The number of aryl methyl sites for hydroxylation is 1. The van der Waals surface area contributed by atoms with E-state index in [2.05, 4.69) is 9.71 Å². The lowest BCUT2D eigenvalue weighted by Gasteiger charge is -2.17. The molecule has 3 rings (SSSR count). The Kier molecular flexibility index (Phi) is 6.18. The third-order valence-corrected chi connectivity index (χ3v) is 6.02. The molecule has 0 aliphatic heterocycles. The number of aromatic nitrogens is 2. The summed E-state index contributed by atoms with van der Waals surface area (Å²) in [5, 5.41) is 0. The maximum atomic E-state index is 14.0. The third-order valence-electron chi connectivity index (χ3n) is 4.46. The molecule has 0 bridgehead atoms. The van der Waals surface area contributed by atoms with Gasteiger partial charge in [-0.2, -0.15) is 0 Å². The number of hydrogen-bond acceptors (Lipinski definition) is 4. The molecule has 1 atom stereocenters. The molecular weight excluding hydrogens is 419 g/mol. The molecule has 160 valence electrons. The number of hydrogen-bond donors (Lipinski definition) is 1. The van der Waals surface area contributed by atoms with Gasteiger partial charge in [0.1, 0.15) is 10.6 Å². The van der Waals surface area contributed by atoms with E-state index in [1.54, 1.807) is 16.7 Å². The lowest BCUT2D eigenvalue weighted by atomic mass is 10.2. The van der Waals surface area contributed by atoms with Crippen LogP contribution in [-0.2, 0) is 16.6 Å². The molecular formula is C20H20F3N3O3S. The number of ether oxygens (including phenoxy) is 1. The van der Waals surface area contributed by atoms with Crippen molar-refractivity contribution in [2.24, 2.45) is 0 Å². The standard InChI is InChI=1S/C20H20F3N3O3S/c1-4-26-16(11-24-20(26)29-14-7-5-12(2)6-8-14)13(3)25-30(27,28)17-10-9-15(21)18(22)19(17)23/h5-11,13,25H,4H2,1-3H3. The molecule has 3 aromatic rings. The fraction of sp³-hybridized carbons (Fsp3) is 0.250. The van der Waals surface area contributed by atoms with E-state index in [1.807, 2.05) is 26.0 Å². The largest absolute Gasteiger partial charge is 0.426 e. The van der Waals surface area contributed by atoms with Gasteiger partial charge in [-0.3, -0.25) is 4.57 Å². The van der Waals surface area contributed by atoms with Crippen LogP contribution in [0.2, 0.25) is 0 Å². The van der Waals surface area contributed by atoms with E-state index < -0.39 is 38.4 Å². The van der Waals surface area contributed by atoms with E-state index >= 15 is 0 Å². The quantitative estimate of drug-likeness (QED) is 0.552. The average Bonchev–Trinajstić information content (AvgIpc) is 3.10. The van der Waals surface area contributed by atoms with Gasteiger partial charge < -0.3 is 4.74 Å². The minimum absolute atomic E-state index is 0.251. The number of benzene rings is 2. The molecule has 6 nitrogen and oxygen atoms in total. The molecule has 0 radical (unpaired) electrons. The monoisotopic (exact) mass is 439 g/mol. The van der Waals surface area contributed by atoms with Crippen LogP contribution in [0.5, 0.6) is 11.8 Å². The lowest BCUT2D eigenvalue weighted by Crippen LogP contribution is -2.29. The molecule has 0 saturated heterocycles. The van der Waals surface area contributed by atoms with E-state index in [9.17, 15) is 21.6 Å². The predicted molar refractivity (Wildman–Crippen MR) is 104 cm³/mol. The van der Waals surface area contributed by atoms with Gasteiger partial charge in [-0.1, -0.05) is 17.7 Å². The first-order valence-corrected chi connectivity index (χ1v) is 10.6. The van der Waals surface area contributed by atoms with Crippen molar-refractivity contribution >= 4 is 10.0 Å². The molecule has 0 saturated carbocycles. The van der Waals surface area contributed by atoms with Crippen LogP contribution < -0.4 is 9.46 Å². The van der Waals surface area contributed by atoms with Crippen molar-refractivity contribution in [2.75, 3.05) is 0 Å². The fourth-order valence-electron chi connectivity index (χ4n) is 2.90. The molecule has 0 aliphatic rings. The molecule has 1 unspecified atom stereocenters. The van der Waals surface area contributed by atoms with Crippen LogP contribution in [0.25, 0.3) is 0 Å². The van der Waals surface area contributed by atoms with Gasteiger partial charge in [0.2, 0.25) is 10.0 Å². The Bertz CT molecular complexity index is 1160. The maximum Gasteiger partial charge on any atom is 0.302 e. The molecule has 0 amide bonds. The SMILES string of the molecule is CCn1c(C(C)NS(=O)(=O)c2ccc(F)c(F)c2F)cnc1Oc1ccc(C)cc1. The Morgan fingerprint density at radius 3 is 2.40 bits per heavy atom. The second-order valence-corrected chi connectivity index (χ2v) is 8.32. The molecule has 1 N–H and O–H groups in total. The van der Waals surface area contributed by atoms with E-state index in [4.69, 9.17) is 4.74 Å². The van der Waals surface area contributed by atoms with E-state index in [1.165, 1.54) is 13.1 Å². The van der Waals surface area contributed by atoms with Gasteiger partial charge in [-0.25, -0.2) is 31.3 Å². The Labute approximate surface area is 172 Å². The summed E-state index contributed by atoms with van der Waals surface area (Å²) in [6.07, 6.45) is 1.43. The number of rotatable bonds is 7. The second kappa shape index (κ2) is 8.49. The van der Waals surface area contributed by atoms with Crippen LogP contribution in [0.15, 0.2) is 47.5 Å². The highest BCUT2D eigenvalue weighted by Crippen LogP contribution is 2.27. The summed E-state index contributed by atoms with van der Waals surface area (Å²) < 4.78 is 75.3. The number of imidazole rings is 1. The second-order valence-electron chi connectivity index (χ2n) is 6.64. The Morgan fingerprint density at radius 2 is 1.77 bits per heavy atom. The van der Waals surface area contributed by atoms with Gasteiger partial charge in [0.25, 0.3) is 0 Å². The minimum Gasteiger partial charge on any atom is -0.426 e. The molecule has 0 aliphatic carbocycles. The zero-order valence-corrected chi connectivity index (χ0v) is 17.3. The van der Waals surface area contributed by atoms with Crippen LogP contribution in [0, 0.1) is 24.4 Å². The summed E-state index contributed by atoms with van der Waals surface area (Å²) in [7, 11) is -4.47. The summed E-state index contributed by atoms with van der Waals surface area (Å²) in [6.45, 7) is 5.71. The summed E-state index contributed by atoms with van der Waals surface area (Å²) >= 11 is 0. The van der Waals surface area contributed by atoms with Gasteiger partial charge >= 0.3 is 6.01 Å². The third kappa shape index (κ3) is 4.34. The van der Waals surface area contributed by atoms with Crippen LogP contribution in [0.1, 0.15) is 31.1 Å². The van der Waals surface area contributed by atoms with Crippen LogP contribution in [0.3, 0.4) is 0 Å². The maximum absolute atomic E-state index is 14.0. The normalized spacial score (nSPS) is 12.7. The Morgan fingerprint density at radius 1 is 1.10 bits per heavy atom. The predicted octanol–water partition coefficient (Wildman–Crippen LogP) is 4.46. The highest BCUT2D eigenvalue weighted by atomic mass is 32.2. The smallest absolute Gasteiger partial charge is 0.302 e. The molecule has 30 heavy (non-hydrogen) atoms. The van der Waals surface area contributed by atoms with Crippen molar-refractivity contribution in [3.8, 4) is 11.8 Å². The van der Waals surface area contributed by atoms with Gasteiger partial charge in [0.15, 0.2) is 17.5 Å². The highest BCUT2D eigenvalue weighted by molar-refractivity contribution is 7.89. The number of halogens is 3. The summed E-state index contributed by atoms with van der Waals surface area (Å²) in [5.41, 5.74) is 1.51. The molecule has 1 heterocycles. The lowest BCUT2D eigenvalue weighted by molar-refractivity contribution is 0.407. The van der Waals surface area contributed by atoms with E-state index in [-0.39, 0.29) is 6.01 Å². The fourth-order valence-corrected chi connectivity index (χ4v) is 4.19. The van der Waals surface area contributed by atoms with Crippen LogP contribution in [-0.4, -0.2) is 18.0 Å². The summed E-state index contributed by atoms with van der Waals surface area (Å²) in [6, 6.07) is 7.94. The summed E-state index contributed by atoms with van der Waals surface area (Å²) in [5.74, 6) is -4.54. The average molecular weight is 439 g/mol. The molecule has 2 aromatic carbocycles. The van der Waals surface area contributed by atoms with Crippen molar-refractivity contribution < 1.29 is 26.3 Å². The van der Waals surface area contributed by atoms with Crippen molar-refractivity contribution in [1.29, 1.82) is 0 Å². The topological polar surface area (TPSA) is 73.2 Å². The first kappa shape index (κ1) is 21.8. The first-order valence-electron chi connectivity index (χ1n) is 9.09. The Balaban J connectivity index is 1.86. The highest BCUT2D eigenvalue weighted by Gasteiger charge is 2.27. The van der Waals surface area contributed by atoms with E-state index in [0.717, 1.165) is 5.56 Å². The van der Waals surface area contributed by atoms with Gasteiger partial charge in [0.05, 0.1) is 17.9 Å². The summed E-state index contributed by atoms with van der Waals surface area (Å²) in [4.78, 5) is 3.21. The van der Waals surface area contributed by atoms with E-state index in [0.29, 0.717) is 30.1 Å². The molecule has 0 spiro atoms. The number of sulfonamides is 1.